The number of ether oxygens (including phenoxy) is 2. The van der Waals surface area contributed by atoms with Gasteiger partial charge in [0, 0.05) is 31.7 Å². The summed E-state index contributed by atoms with van der Waals surface area (Å²) in [7, 11) is 0. The van der Waals surface area contributed by atoms with E-state index in [1.165, 1.54) is 0 Å². The fraction of sp³-hybridized carbons (Fsp3) is 0.622. The van der Waals surface area contributed by atoms with E-state index in [0.717, 1.165) is 12.0 Å². The Balaban J connectivity index is 1.57. The molecule has 0 unspecified atom stereocenters. The summed E-state index contributed by atoms with van der Waals surface area (Å²) in [6, 6.07) is 8.26. The van der Waals surface area contributed by atoms with E-state index in [2.05, 4.69) is 39.9 Å². The monoisotopic (exact) mass is 649 g/mol. The highest BCUT2D eigenvalue weighted by Gasteiger charge is 2.72. The number of unbranched alkanes of at least 4 members (excludes halogenated alkanes) is 2. The smallest absolute Gasteiger partial charge is 0.313 e. The summed E-state index contributed by atoms with van der Waals surface area (Å²) in [4.78, 5) is 59.8. The summed E-state index contributed by atoms with van der Waals surface area (Å²) in [6.07, 6.45) is 9.03. The molecule has 4 heterocycles. The second-order valence-electron chi connectivity index (χ2n) is 15.2. The first kappa shape index (κ1) is 34.8. The van der Waals surface area contributed by atoms with Gasteiger partial charge in [0.25, 0.3) is 0 Å². The normalized spacial score (nSPS) is 30.8. The lowest BCUT2D eigenvalue weighted by Crippen LogP contribution is -2.59. The van der Waals surface area contributed by atoms with Crippen molar-refractivity contribution in [3.8, 4) is 0 Å². The quantitative estimate of drug-likeness (QED) is 0.247. The minimum Gasteiger partial charge on any atom is -0.455 e. The first-order valence-corrected chi connectivity index (χ1v) is 17.1. The molecule has 0 radical (unpaired) electrons. The molecule has 47 heavy (non-hydrogen) atoms. The summed E-state index contributed by atoms with van der Waals surface area (Å²) in [5.41, 5.74) is -1.24. The Kier molecular flexibility index (Phi) is 10.3. The molecule has 5 rings (SSSR count). The summed E-state index contributed by atoms with van der Waals surface area (Å²) < 4.78 is 13.0. The van der Waals surface area contributed by atoms with Crippen LogP contribution in [-0.2, 0) is 28.7 Å². The molecule has 6 atom stereocenters. The predicted octanol–water partition coefficient (Wildman–Crippen LogP) is 4.09. The maximum Gasteiger partial charge on any atom is 0.313 e. The first-order chi connectivity index (χ1) is 22.3. The number of esters is 1. The van der Waals surface area contributed by atoms with E-state index in [0.29, 0.717) is 38.8 Å². The van der Waals surface area contributed by atoms with Crippen LogP contribution in [0.25, 0.3) is 0 Å². The maximum atomic E-state index is 14.8. The third-order valence-electron chi connectivity index (χ3n) is 9.79. The summed E-state index contributed by atoms with van der Waals surface area (Å²) in [5, 5.41) is 12.3. The number of aliphatic hydroxyl groups excluding tert-OH is 1. The fourth-order valence-electron chi connectivity index (χ4n) is 8.16. The molecule has 0 aliphatic carbocycles. The Hall–Kier alpha value is -3.50. The minimum absolute atomic E-state index is 0.0501. The number of cyclic esters (lactones) is 1. The van der Waals surface area contributed by atoms with E-state index in [-0.39, 0.29) is 42.7 Å². The van der Waals surface area contributed by atoms with Crippen LogP contribution in [0.3, 0.4) is 0 Å². The number of benzene rings is 1. The van der Waals surface area contributed by atoms with Gasteiger partial charge < -0.3 is 29.7 Å². The van der Waals surface area contributed by atoms with Gasteiger partial charge >= 0.3 is 5.97 Å². The lowest BCUT2D eigenvalue weighted by atomic mass is 9.77. The Morgan fingerprint density at radius 3 is 2.43 bits per heavy atom. The molecule has 2 N–H and O–H groups in total. The lowest BCUT2D eigenvalue weighted by molar-refractivity contribution is -0.160. The van der Waals surface area contributed by atoms with Crippen LogP contribution >= 0.6 is 0 Å². The van der Waals surface area contributed by atoms with Crippen molar-refractivity contribution >= 4 is 23.7 Å². The number of allylic oxidation sites excluding steroid dienone is 1. The first-order valence-electron chi connectivity index (χ1n) is 17.1. The van der Waals surface area contributed by atoms with Gasteiger partial charge in [0.1, 0.15) is 23.7 Å². The van der Waals surface area contributed by atoms with Crippen molar-refractivity contribution < 1.29 is 33.8 Å². The number of carbonyl (C=O) groups is 4. The lowest BCUT2D eigenvalue weighted by Gasteiger charge is -2.44. The number of likely N-dealkylation sites (tertiary alicyclic amines) is 1. The summed E-state index contributed by atoms with van der Waals surface area (Å²) in [6.45, 7) is 11.4. The number of nitrogens with zero attached hydrogens (tertiary/aromatic N) is 2. The van der Waals surface area contributed by atoms with Crippen molar-refractivity contribution in [1.29, 1.82) is 0 Å². The van der Waals surface area contributed by atoms with Crippen LogP contribution in [0.5, 0.6) is 0 Å². The van der Waals surface area contributed by atoms with Crippen molar-refractivity contribution in [3.63, 3.8) is 0 Å². The van der Waals surface area contributed by atoms with Crippen LogP contribution in [0.15, 0.2) is 54.6 Å². The number of hydrogen-bond acceptors (Lipinski definition) is 7. The van der Waals surface area contributed by atoms with Gasteiger partial charge in [0.05, 0.1) is 18.6 Å². The zero-order valence-electron chi connectivity index (χ0n) is 28.4. The highest BCUT2D eigenvalue weighted by Crippen LogP contribution is 2.54. The van der Waals surface area contributed by atoms with Crippen LogP contribution < -0.4 is 5.32 Å². The van der Waals surface area contributed by atoms with Gasteiger partial charge in [0.15, 0.2) is 0 Å². The molecule has 0 aromatic heterocycles. The van der Waals surface area contributed by atoms with E-state index >= 15 is 0 Å². The van der Waals surface area contributed by atoms with Crippen LogP contribution in [-0.4, -0.2) is 88.1 Å². The number of amides is 3. The molecule has 0 bridgehead atoms. The molecule has 1 aromatic rings. The molecule has 4 aliphatic heterocycles. The molecule has 4 aliphatic rings. The molecule has 2 saturated heterocycles. The van der Waals surface area contributed by atoms with E-state index in [1.807, 2.05) is 53.5 Å². The molecule has 1 aromatic carbocycles. The highest BCUT2D eigenvalue weighted by molar-refractivity contribution is 5.99. The third-order valence-corrected chi connectivity index (χ3v) is 9.79. The number of aliphatic hydroxyl groups is 1. The van der Waals surface area contributed by atoms with Gasteiger partial charge in [0.2, 0.25) is 17.7 Å². The fourth-order valence-corrected chi connectivity index (χ4v) is 8.16. The highest BCUT2D eigenvalue weighted by atomic mass is 16.6. The average molecular weight is 650 g/mol. The second kappa shape index (κ2) is 13.9. The number of carbonyl (C=O) groups excluding carboxylic acids is 4. The molecular weight excluding hydrogens is 598 g/mol. The maximum absolute atomic E-state index is 14.8. The molecule has 0 saturated carbocycles. The van der Waals surface area contributed by atoms with Crippen LogP contribution in [0.1, 0.15) is 84.8 Å². The van der Waals surface area contributed by atoms with Gasteiger partial charge in [-0.3, -0.25) is 19.2 Å². The van der Waals surface area contributed by atoms with E-state index < -0.39 is 47.2 Å². The predicted molar refractivity (Wildman–Crippen MR) is 177 cm³/mol. The van der Waals surface area contributed by atoms with Crippen molar-refractivity contribution in [2.75, 3.05) is 26.2 Å². The number of hydrogen-bond donors (Lipinski definition) is 2. The molecule has 10 nitrogen and oxygen atoms in total. The molecule has 3 amide bonds. The average Bonchev–Trinajstić information content (AvgIpc) is 3.38. The van der Waals surface area contributed by atoms with Gasteiger partial charge in [-0.1, -0.05) is 75.4 Å². The van der Waals surface area contributed by atoms with Crippen molar-refractivity contribution in [3.05, 3.63) is 60.2 Å². The van der Waals surface area contributed by atoms with Gasteiger partial charge in [-0.15, -0.1) is 0 Å². The SMILES string of the molecule is CC(C)(C)CC(C)(C)N1CC=C[C@]23O[C@@H]4/C=C\CCC(=O)NC[C@@H](c5ccccc5)OC(=O)[C@@H]4[C@H]2C(=O)N(CCCCCO)[C@@H]3C1=O. The summed E-state index contributed by atoms with van der Waals surface area (Å²) >= 11 is 0. The number of fused-ring (bicyclic) bond motifs is 2. The Bertz CT molecular complexity index is 1380. The zero-order valence-corrected chi connectivity index (χ0v) is 28.4. The van der Waals surface area contributed by atoms with Crippen LogP contribution in [0, 0.1) is 17.3 Å². The Labute approximate surface area is 278 Å². The standard InChI is InChI=1S/C37H51N3O7/c1-35(2,3)24-36(4,5)40-21-14-19-37-30(32(43)39(31(37)33(40)44)20-12-7-13-22-41)29-26(47-37)17-10-11-18-28(42)38-23-27(46-34(29)45)25-15-8-6-9-16-25/h6,8-10,14-17,19,26-27,29-31,41H,7,11-13,18,20-24H2,1-5H3,(H,38,42)/b17-10-/t26-,27+,29+,30+,31-,37+/m1/s1. The van der Waals surface area contributed by atoms with Gasteiger partial charge in [-0.2, -0.15) is 0 Å². The largest absolute Gasteiger partial charge is 0.455 e. The summed E-state index contributed by atoms with van der Waals surface area (Å²) in [5.74, 6) is -3.25. The molecular formula is C37H51N3O7. The number of rotatable bonds is 8. The zero-order chi connectivity index (χ0) is 34.0. The van der Waals surface area contributed by atoms with Crippen molar-refractivity contribution in [2.45, 2.75) is 103 Å². The molecule has 10 heteroatoms. The van der Waals surface area contributed by atoms with E-state index in [9.17, 15) is 24.3 Å². The molecule has 2 fully saturated rings. The number of nitrogens with one attached hydrogen (secondary N) is 1. The molecule has 1 spiro atoms. The van der Waals surface area contributed by atoms with Crippen LogP contribution in [0.2, 0.25) is 0 Å². The van der Waals surface area contributed by atoms with Crippen LogP contribution in [0.4, 0.5) is 0 Å². The third kappa shape index (κ3) is 7.18. The topological polar surface area (TPSA) is 125 Å². The van der Waals surface area contributed by atoms with Gasteiger partial charge in [-0.25, -0.2) is 0 Å². The van der Waals surface area contributed by atoms with Gasteiger partial charge in [-0.05, 0) is 56.9 Å². The van der Waals surface area contributed by atoms with Crippen molar-refractivity contribution in [2.24, 2.45) is 17.3 Å². The minimum atomic E-state index is -1.38. The van der Waals surface area contributed by atoms with E-state index in [4.69, 9.17) is 9.47 Å². The van der Waals surface area contributed by atoms with E-state index in [1.54, 1.807) is 11.0 Å². The Morgan fingerprint density at radius 1 is 0.979 bits per heavy atom. The van der Waals surface area contributed by atoms with Crippen molar-refractivity contribution in [1.82, 2.24) is 15.1 Å². The molecule has 256 valence electrons. The Morgan fingerprint density at radius 2 is 1.72 bits per heavy atom. The second-order valence-corrected chi connectivity index (χ2v) is 15.2.